The van der Waals surface area contributed by atoms with Crippen LogP contribution in [0.4, 0.5) is 0 Å². The monoisotopic (exact) mass is 376 g/mol. The Kier molecular flexibility index (Phi) is 5.06. The van der Waals surface area contributed by atoms with Gasteiger partial charge in [0.05, 0.1) is 10.6 Å². The van der Waals surface area contributed by atoms with Crippen molar-refractivity contribution in [3.8, 4) is 11.5 Å². The zero-order valence-corrected chi connectivity index (χ0v) is 15.0. The van der Waals surface area contributed by atoms with E-state index in [-0.39, 0.29) is 16.5 Å². The number of rotatable bonds is 4. The Bertz CT molecular complexity index is 907. The number of halogens is 2. The zero-order chi connectivity index (χ0) is 18.0. The highest BCUT2D eigenvalue weighted by atomic mass is 35.5. The first kappa shape index (κ1) is 17.5. The molecule has 25 heavy (non-hydrogen) atoms. The molecule has 3 rings (SSSR count). The molecule has 0 aliphatic carbocycles. The van der Waals surface area contributed by atoms with E-state index in [1.807, 2.05) is 31.2 Å². The maximum atomic E-state index is 12.3. The Balaban J connectivity index is 1.75. The molecule has 0 aliphatic heterocycles. The van der Waals surface area contributed by atoms with Gasteiger partial charge in [-0.3, -0.25) is 0 Å². The van der Waals surface area contributed by atoms with E-state index in [1.54, 1.807) is 13.0 Å². The minimum Gasteiger partial charge on any atom is -0.449 e. The van der Waals surface area contributed by atoms with Gasteiger partial charge in [0.15, 0.2) is 6.10 Å². The third kappa shape index (κ3) is 4.00. The van der Waals surface area contributed by atoms with Crippen molar-refractivity contribution in [3.05, 3.63) is 69.5 Å². The summed E-state index contributed by atoms with van der Waals surface area (Å²) in [5, 5.41) is 8.59. The second-order valence-corrected chi connectivity index (χ2v) is 6.33. The van der Waals surface area contributed by atoms with Gasteiger partial charge in [0, 0.05) is 10.6 Å². The molecule has 0 saturated carbocycles. The van der Waals surface area contributed by atoms with E-state index in [9.17, 15) is 4.79 Å². The lowest BCUT2D eigenvalue weighted by atomic mass is 10.1. The molecule has 0 aliphatic rings. The molecule has 0 N–H and O–H groups in total. The molecule has 0 spiro atoms. The van der Waals surface area contributed by atoms with Crippen LogP contribution in [0.3, 0.4) is 0 Å². The van der Waals surface area contributed by atoms with Crippen molar-refractivity contribution in [2.45, 2.75) is 20.0 Å². The number of aromatic nitrogens is 2. The number of nitrogens with zero attached hydrogens (tertiary/aromatic N) is 2. The van der Waals surface area contributed by atoms with Crippen molar-refractivity contribution in [3.63, 3.8) is 0 Å². The highest BCUT2D eigenvalue weighted by Gasteiger charge is 2.21. The summed E-state index contributed by atoms with van der Waals surface area (Å²) in [6, 6.07) is 12.2. The standard InChI is InChI=1S/C18H14Cl2N2O3/c1-10-3-5-12(6-4-10)17-22-21-16(25-17)11(2)24-18(23)14-9-13(19)7-8-15(14)20/h3-9,11H,1-2H3/t11-/m1/s1. The van der Waals surface area contributed by atoms with E-state index in [4.69, 9.17) is 32.4 Å². The Labute approximate surface area is 154 Å². The number of ether oxygens (including phenoxy) is 1. The summed E-state index contributed by atoms with van der Waals surface area (Å²) < 4.78 is 11.0. The first-order valence-corrected chi connectivity index (χ1v) is 8.26. The molecule has 128 valence electrons. The smallest absolute Gasteiger partial charge is 0.340 e. The van der Waals surface area contributed by atoms with Crippen molar-refractivity contribution in [2.24, 2.45) is 0 Å². The van der Waals surface area contributed by atoms with Crippen LogP contribution in [0.2, 0.25) is 10.0 Å². The van der Waals surface area contributed by atoms with E-state index in [0.717, 1.165) is 11.1 Å². The average Bonchev–Trinajstić information content (AvgIpc) is 3.07. The fraction of sp³-hybridized carbons (Fsp3) is 0.167. The van der Waals surface area contributed by atoms with Gasteiger partial charge in [0.1, 0.15) is 0 Å². The van der Waals surface area contributed by atoms with Crippen molar-refractivity contribution < 1.29 is 13.9 Å². The third-order valence-electron chi connectivity index (χ3n) is 3.52. The number of benzene rings is 2. The fourth-order valence-electron chi connectivity index (χ4n) is 2.14. The number of hydrogen-bond acceptors (Lipinski definition) is 5. The van der Waals surface area contributed by atoms with Crippen LogP contribution in [0.25, 0.3) is 11.5 Å². The number of carbonyl (C=O) groups excluding carboxylic acids is 1. The summed E-state index contributed by atoms with van der Waals surface area (Å²) in [6.45, 7) is 3.63. The largest absolute Gasteiger partial charge is 0.449 e. The summed E-state index contributed by atoms with van der Waals surface area (Å²) in [6.07, 6.45) is -0.728. The number of esters is 1. The molecule has 3 aromatic rings. The number of carbonyl (C=O) groups is 1. The second kappa shape index (κ2) is 7.25. The van der Waals surface area contributed by atoms with Gasteiger partial charge in [0.25, 0.3) is 5.89 Å². The van der Waals surface area contributed by atoms with Gasteiger partial charge in [-0.05, 0) is 44.2 Å². The van der Waals surface area contributed by atoms with E-state index >= 15 is 0 Å². The minimum atomic E-state index is -0.728. The third-order valence-corrected chi connectivity index (χ3v) is 4.08. The maximum absolute atomic E-state index is 12.3. The Hall–Kier alpha value is -2.37. The molecule has 0 fully saturated rings. The van der Waals surface area contributed by atoms with Gasteiger partial charge in [-0.25, -0.2) is 4.79 Å². The van der Waals surface area contributed by atoms with Crippen LogP contribution in [0, 0.1) is 6.92 Å². The maximum Gasteiger partial charge on any atom is 0.340 e. The number of aryl methyl sites for hydroxylation is 1. The zero-order valence-electron chi connectivity index (χ0n) is 13.5. The van der Waals surface area contributed by atoms with Crippen LogP contribution in [-0.4, -0.2) is 16.2 Å². The van der Waals surface area contributed by atoms with Crippen LogP contribution >= 0.6 is 23.2 Å². The van der Waals surface area contributed by atoms with Gasteiger partial charge >= 0.3 is 5.97 Å². The first-order chi connectivity index (χ1) is 11.9. The summed E-state index contributed by atoms with van der Waals surface area (Å²) >= 11 is 11.9. The molecule has 1 aromatic heterocycles. The molecule has 1 heterocycles. The molecule has 0 saturated heterocycles. The molecule has 5 nitrogen and oxygen atoms in total. The Morgan fingerprint density at radius 2 is 1.84 bits per heavy atom. The molecule has 0 unspecified atom stereocenters. The molecular weight excluding hydrogens is 363 g/mol. The molecule has 0 radical (unpaired) electrons. The molecule has 2 aromatic carbocycles. The van der Waals surface area contributed by atoms with Crippen LogP contribution in [-0.2, 0) is 4.74 Å². The van der Waals surface area contributed by atoms with Gasteiger partial charge < -0.3 is 9.15 Å². The van der Waals surface area contributed by atoms with E-state index in [0.29, 0.717) is 10.9 Å². The predicted octanol–water partition coefficient (Wildman–Crippen LogP) is 5.27. The van der Waals surface area contributed by atoms with Crippen LogP contribution in [0.1, 0.15) is 34.8 Å². The van der Waals surface area contributed by atoms with Crippen molar-refractivity contribution >= 4 is 29.2 Å². The topological polar surface area (TPSA) is 65.2 Å². The minimum absolute atomic E-state index is 0.180. The summed E-state index contributed by atoms with van der Waals surface area (Å²) in [7, 11) is 0. The van der Waals surface area contributed by atoms with E-state index in [2.05, 4.69) is 10.2 Å². The second-order valence-electron chi connectivity index (χ2n) is 5.48. The molecule has 0 bridgehead atoms. The van der Waals surface area contributed by atoms with Crippen LogP contribution < -0.4 is 0 Å². The highest BCUT2D eigenvalue weighted by molar-refractivity contribution is 6.35. The number of hydrogen-bond donors (Lipinski definition) is 0. The normalized spacial score (nSPS) is 12.0. The predicted molar refractivity (Wildman–Crippen MR) is 94.8 cm³/mol. The quantitative estimate of drug-likeness (QED) is 0.580. The Morgan fingerprint density at radius 3 is 2.56 bits per heavy atom. The average molecular weight is 377 g/mol. The van der Waals surface area contributed by atoms with E-state index < -0.39 is 12.1 Å². The summed E-state index contributed by atoms with van der Waals surface area (Å²) in [5.74, 6) is -0.0594. The lowest BCUT2D eigenvalue weighted by molar-refractivity contribution is 0.0280. The summed E-state index contributed by atoms with van der Waals surface area (Å²) in [5.41, 5.74) is 2.10. The lowest BCUT2D eigenvalue weighted by Crippen LogP contribution is -2.10. The molecule has 7 heteroatoms. The molecule has 0 amide bonds. The van der Waals surface area contributed by atoms with Crippen molar-refractivity contribution in [1.82, 2.24) is 10.2 Å². The highest BCUT2D eigenvalue weighted by Crippen LogP contribution is 2.26. The van der Waals surface area contributed by atoms with Gasteiger partial charge in [-0.2, -0.15) is 0 Å². The van der Waals surface area contributed by atoms with Crippen LogP contribution in [0.5, 0.6) is 0 Å². The summed E-state index contributed by atoms with van der Waals surface area (Å²) in [4.78, 5) is 12.3. The molecular formula is C18H14Cl2N2O3. The van der Waals surface area contributed by atoms with Gasteiger partial charge in [-0.15, -0.1) is 10.2 Å². The Morgan fingerprint density at radius 1 is 1.12 bits per heavy atom. The van der Waals surface area contributed by atoms with Gasteiger partial charge in [-0.1, -0.05) is 40.9 Å². The van der Waals surface area contributed by atoms with Crippen LogP contribution in [0.15, 0.2) is 46.9 Å². The molecule has 1 atom stereocenters. The SMILES string of the molecule is Cc1ccc(-c2nnc([C@@H](C)OC(=O)c3cc(Cl)ccc3Cl)o2)cc1. The van der Waals surface area contributed by atoms with E-state index in [1.165, 1.54) is 12.1 Å². The first-order valence-electron chi connectivity index (χ1n) is 7.50. The fourth-order valence-corrected chi connectivity index (χ4v) is 2.51. The lowest BCUT2D eigenvalue weighted by Gasteiger charge is -2.10. The van der Waals surface area contributed by atoms with Gasteiger partial charge in [0.2, 0.25) is 5.89 Å². The van der Waals surface area contributed by atoms with Crippen molar-refractivity contribution in [2.75, 3.05) is 0 Å². The van der Waals surface area contributed by atoms with Crippen molar-refractivity contribution in [1.29, 1.82) is 0 Å².